The molecule has 0 radical (unpaired) electrons. The van der Waals surface area contributed by atoms with E-state index in [2.05, 4.69) is 5.32 Å². The number of nitrogens with one attached hydrogen (secondary N) is 1. The van der Waals surface area contributed by atoms with Crippen LogP contribution in [0.5, 0.6) is 5.75 Å². The second kappa shape index (κ2) is 11.8. The Bertz CT molecular complexity index is 1040. The summed E-state index contributed by atoms with van der Waals surface area (Å²) in [7, 11) is 1.62. The lowest BCUT2D eigenvalue weighted by Crippen LogP contribution is -2.50. The Labute approximate surface area is 194 Å². The van der Waals surface area contributed by atoms with Gasteiger partial charge in [0.25, 0.3) is 0 Å². The van der Waals surface area contributed by atoms with Crippen molar-refractivity contribution in [3.63, 3.8) is 0 Å². The van der Waals surface area contributed by atoms with Crippen LogP contribution in [-0.2, 0) is 29.0 Å². The van der Waals surface area contributed by atoms with Crippen molar-refractivity contribution in [2.24, 2.45) is 0 Å². The van der Waals surface area contributed by atoms with Crippen LogP contribution in [0.25, 0.3) is 0 Å². The Kier molecular flexibility index (Phi) is 8.58. The normalized spacial score (nSPS) is 11.5. The van der Waals surface area contributed by atoms with Crippen LogP contribution >= 0.6 is 0 Å². The van der Waals surface area contributed by atoms with Gasteiger partial charge in [0.2, 0.25) is 11.8 Å². The zero-order valence-corrected chi connectivity index (χ0v) is 19.0. The monoisotopic (exact) mass is 448 g/mol. The minimum absolute atomic E-state index is 0.217. The fraction of sp³-hybridized carbons (Fsp3) is 0.259. The molecule has 1 N–H and O–H groups in total. The van der Waals surface area contributed by atoms with Crippen LogP contribution in [0.4, 0.5) is 4.39 Å². The first-order valence-corrected chi connectivity index (χ1v) is 10.9. The van der Waals surface area contributed by atoms with E-state index in [1.165, 1.54) is 19.1 Å². The van der Waals surface area contributed by atoms with E-state index in [0.717, 1.165) is 22.4 Å². The van der Waals surface area contributed by atoms with Gasteiger partial charge in [0.15, 0.2) is 0 Å². The van der Waals surface area contributed by atoms with E-state index in [1.54, 1.807) is 24.1 Å². The van der Waals surface area contributed by atoms with Gasteiger partial charge >= 0.3 is 0 Å². The molecule has 2 amide bonds. The first-order valence-electron chi connectivity index (χ1n) is 10.9. The largest absolute Gasteiger partial charge is 0.497 e. The maximum atomic E-state index is 13.3. The van der Waals surface area contributed by atoms with Crippen molar-refractivity contribution in [3.8, 4) is 5.75 Å². The number of hydrogen-bond donors (Lipinski definition) is 1. The van der Waals surface area contributed by atoms with Crippen molar-refractivity contribution in [2.75, 3.05) is 13.7 Å². The molecule has 0 aliphatic rings. The fourth-order valence-electron chi connectivity index (χ4n) is 3.65. The Morgan fingerprint density at radius 2 is 1.55 bits per heavy atom. The van der Waals surface area contributed by atoms with Gasteiger partial charge in [-0.25, -0.2) is 4.39 Å². The van der Waals surface area contributed by atoms with E-state index < -0.39 is 6.04 Å². The number of halogens is 1. The molecule has 0 aromatic heterocycles. The molecule has 1 atom stereocenters. The first-order chi connectivity index (χ1) is 16.0. The van der Waals surface area contributed by atoms with E-state index in [4.69, 9.17) is 4.74 Å². The van der Waals surface area contributed by atoms with Gasteiger partial charge in [-0.3, -0.25) is 9.59 Å². The molecule has 0 aliphatic heterocycles. The SMILES string of the molecule is COc1ccc(CCNC(=O)C(Cc2ccccc2)N(Cc2ccc(F)cc2)C(C)=O)cc1. The highest BCUT2D eigenvalue weighted by Crippen LogP contribution is 2.16. The van der Waals surface area contributed by atoms with Crippen LogP contribution in [0.1, 0.15) is 23.6 Å². The quantitative estimate of drug-likeness (QED) is 0.507. The van der Waals surface area contributed by atoms with Gasteiger partial charge < -0.3 is 15.0 Å². The van der Waals surface area contributed by atoms with Crippen LogP contribution in [0.3, 0.4) is 0 Å². The average Bonchev–Trinajstić information content (AvgIpc) is 2.83. The third-order valence-electron chi connectivity index (χ3n) is 5.49. The highest BCUT2D eigenvalue weighted by atomic mass is 19.1. The summed E-state index contributed by atoms with van der Waals surface area (Å²) in [6, 6.07) is 22.6. The van der Waals surface area contributed by atoms with Crippen LogP contribution < -0.4 is 10.1 Å². The third kappa shape index (κ3) is 7.17. The molecule has 5 nitrogen and oxygen atoms in total. The molecule has 3 aromatic rings. The van der Waals surface area contributed by atoms with Gasteiger partial charge in [-0.15, -0.1) is 0 Å². The fourth-order valence-corrected chi connectivity index (χ4v) is 3.65. The summed E-state index contributed by atoms with van der Waals surface area (Å²) >= 11 is 0. The maximum absolute atomic E-state index is 13.3. The molecule has 0 fully saturated rings. The van der Waals surface area contributed by atoms with Gasteiger partial charge in [-0.05, 0) is 47.4 Å². The molecular weight excluding hydrogens is 419 g/mol. The molecule has 3 aromatic carbocycles. The molecule has 0 spiro atoms. The maximum Gasteiger partial charge on any atom is 0.243 e. The van der Waals surface area contributed by atoms with E-state index in [0.29, 0.717) is 19.4 Å². The van der Waals surface area contributed by atoms with E-state index in [-0.39, 0.29) is 24.2 Å². The summed E-state index contributed by atoms with van der Waals surface area (Å²) < 4.78 is 18.5. The van der Waals surface area contributed by atoms with E-state index in [1.807, 2.05) is 54.6 Å². The zero-order valence-electron chi connectivity index (χ0n) is 19.0. The summed E-state index contributed by atoms with van der Waals surface area (Å²) in [5, 5.41) is 2.99. The molecule has 0 saturated heterocycles. The van der Waals surface area contributed by atoms with Gasteiger partial charge in [0, 0.05) is 26.4 Å². The second-order valence-corrected chi connectivity index (χ2v) is 7.87. The first kappa shape index (κ1) is 24.0. The van der Waals surface area contributed by atoms with Crippen molar-refractivity contribution in [1.82, 2.24) is 10.2 Å². The number of carbonyl (C=O) groups is 2. The number of carbonyl (C=O) groups excluding carboxylic acids is 2. The number of amides is 2. The predicted molar refractivity (Wildman–Crippen MR) is 126 cm³/mol. The van der Waals surface area contributed by atoms with Crippen LogP contribution in [-0.4, -0.2) is 36.4 Å². The number of benzene rings is 3. The van der Waals surface area contributed by atoms with Crippen molar-refractivity contribution in [3.05, 3.63) is 101 Å². The van der Waals surface area contributed by atoms with Crippen LogP contribution in [0, 0.1) is 5.82 Å². The number of methoxy groups -OCH3 is 1. The number of ether oxygens (including phenoxy) is 1. The highest BCUT2D eigenvalue weighted by molar-refractivity contribution is 5.87. The topological polar surface area (TPSA) is 58.6 Å². The lowest BCUT2D eigenvalue weighted by atomic mass is 10.0. The van der Waals surface area contributed by atoms with Crippen molar-refractivity contribution in [1.29, 1.82) is 0 Å². The summed E-state index contributed by atoms with van der Waals surface area (Å²) in [5.74, 6) is 0.00377. The molecule has 3 rings (SSSR count). The summed E-state index contributed by atoms with van der Waals surface area (Å²) in [6.07, 6.45) is 1.04. The molecule has 33 heavy (non-hydrogen) atoms. The van der Waals surface area contributed by atoms with Gasteiger partial charge in [0.05, 0.1) is 7.11 Å². The van der Waals surface area contributed by atoms with E-state index >= 15 is 0 Å². The summed E-state index contributed by atoms with van der Waals surface area (Å²) in [4.78, 5) is 27.4. The van der Waals surface area contributed by atoms with Crippen molar-refractivity contribution < 1.29 is 18.7 Å². The third-order valence-corrected chi connectivity index (χ3v) is 5.49. The molecule has 172 valence electrons. The standard InChI is InChI=1S/C27H29FN2O3/c1-20(31)30(19-23-8-12-24(28)13-9-23)26(18-22-6-4-3-5-7-22)27(32)29-17-16-21-10-14-25(33-2)15-11-21/h3-15,26H,16-19H2,1-2H3,(H,29,32). The molecular formula is C27H29FN2O3. The molecule has 1 unspecified atom stereocenters. The zero-order chi connectivity index (χ0) is 23.6. The predicted octanol–water partition coefficient (Wildman–Crippen LogP) is 4.15. The van der Waals surface area contributed by atoms with Crippen LogP contribution in [0.15, 0.2) is 78.9 Å². The number of nitrogens with zero attached hydrogens (tertiary/aromatic N) is 1. The summed E-state index contributed by atoms with van der Waals surface area (Å²) in [6.45, 7) is 2.11. The number of hydrogen-bond acceptors (Lipinski definition) is 3. The van der Waals surface area contributed by atoms with Crippen LogP contribution in [0.2, 0.25) is 0 Å². The Morgan fingerprint density at radius 3 is 2.15 bits per heavy atom. The smallest absolute Gasteiger partial charge is 0.243 e. The molecule has 0 bridgehead atoms. The van der Waals surface area contributed by atoms with Gasteiger partial charge in [-0.2, -0.15) is 0 Å². The van der Waals surface area contributed by atoms with Crippen molar-refractivity contribution >= 4 is 11.8 Å². The molecule has 0 heterocycles. The summed E-state index contributed by atoms with van der Waals surface area (Å²) in [5.41, 5.74) is 2.79. The Hall–Kier alpha value is -3.67. The number of rotatable bonds is 10. The lowest BCUT2D eigenvalue weighted by Gasteiger charge is -2.30. The molecule has 0 saturated carbocycles. The minimum atomic E-state index is -0.689. The van der Waals surface area contributed by atoms with Gasteiger partial charge in [-0.1, -0.05) is 54.6 Å². The highest BCUT2D eigenvalue weighted by Gasteiger charge is 2.28. The Morgan fingerprint density at radius 1 is 0.909 bits per heavy atom. The molecule has 6 heteroatoms. The average molecular weight is 449 g/mol. The Balaban J connectivity index is 1.73. The van der Waals surface area contributed by atoms with E-state index in [9.17, 15) is 14.0 Å². The van der Waals surface area contributed by atoms with Crippen molar-refractivity contribution in [2.45, 2.75) is 32.4 Å². The molecule has 0 aliphatic carbocycles. The van der Waals surface area contributed by atoms with Gasteiger partial charge in [0.1, 0.15) is 17.6 Å². The lowest BCUT2D eigenvalue weighted by molar-refractivity contribution is -0.139. The minimum Gasteiger partial charge on any atom is -0.497 e. The second-order valence-electron chi connectivity index (χ2n) is 7.87.